The van der Waals surface area contributed by atoms with Crippen LogP contribution >= 0.6 is 11.6 Å². The van der Waals surface area contributed by atoms with Crippen LogP contribution in [0.15, 0.2) is 30.6 Å². The van der Waals surface area contributed by atoms with E-state index in [1.54, 1.807) is 0 Å². The summed E-state index contributed by atoms with van der Waals surface area (Å²) in [6, 6.07) is 4.86. The van der Waals surface area contributed by atoms with Gasteiger partial charge in [-0.3, -0.25) is 4.57 Å². The van der Waals surface area contributed by atoms with Crippen molar-refractivity contribution in [1.29, 1.82) is 0 Å². The number of aromatic carboxylic acids is 1. The monoisotopic (exact) mass is 535 g/mol. The highest BCUT2D eigenvalue weighted by Gasteiger charge is 2.80. The van der Waals surface area contributed by atoms with Crippen LogP contribution in [0.2, 0.25) is 5.28 Å². The van der Waals surface area contributed by atoms with Gasteiger partial charge in [-0.25, -0.2) is 19.4 Å². The number of carboxylic acid groups (broad SMARTS) is 3. The second-order valence-corrected chi connectivity index (χ2v) is 8.97. The minimum Gasteiger partial charge on any atom is -0.479 e. The lowest BCUT2D eigenvalue weighted by Gasteiger charge is -2.29. The fraction of sp³-hybridized carbons (Fsp3) is 0.333. The van der Waals surface area contributed by atoms with Crippen molar-refractivity contribution in [1.82, 2.24) is 19.5 Å². The third-order valence-corrected chi connectivity index (χ3v) is 6.64. The van der Waals surface area contributed by atoms with Crippen LogP contribution in [0.5, 0.6) is 0 Å². The van der Waals surface area contributed by atoms with Crippen molar-refractivity contribution in [3.05, 3.63) is 47.0 Å². The summed E-state index contributed by atoms with van der Waals surface area (Å²) in [6.07, 6.45) is -5.29. The van der Waals surface area contributed by atoms with E-state index in [4.69, 9.17) is 31.9 Å². The molecule has 3 heterocycles. The SMILES string of the molecule is Nc1nc(Cl)nc2c1ncn2[C@@H]1O[C@@H]2C(OC(Cc3ccc(C(=O)O)cc3)(C(=O)O)C(=O)O)[C@]2(O)[C@H]1O. The highest BCUT2D eigenvalue weighted by atomic mass is 35.5. The van der Waals surface area contributed by atoms with Crippen molar-refractivity contribution < 1.29 is 49.4 Å². The van der Waals surface area contributed by atoms with Crippen molar-refractivity contribution in [2.75, 3.05) is 5.73 Å². The summed E-state index contributed by atoms with van der Waals surface area (Å²) < 4.78 is 12.4. The van der Waals surface area contributed by atoms with Gasteiger partial charge in [-0.05, 0) is 29.3 Å². The maximum atomic E-state index is 12.1. The highest BCUT2D eigenvalue weighted by molar-refractivity contribution is 6.28. The van der Waals surface area contributed by atoms with Gasteiger partial charge in [0.2, 0.25) is 5.28 Å². The molecule has 1 aliphatic carbocycles. The van der Waals surface area contributed by atoms with E-state index < -0.39 is 60.1 Å². The Morgan fingerprint density at radius 2 is 1.81 bits per heavy atom. The molecular weight excluding hydrogens is 518 g/mol. The fourth-order valence-electron chi connectivity index (χ4n) is 4.43. The molecule has 37 heavy (non-hydrogen) atoms. The standard InChI is InChI=1S/C21H18ClN5O10/c22-19-25-13(23)9-14(26-19)27(6-24-9)15-10(28)21(35)11(36-15)12(21)37-20(17(31)32,18(33)34)5-7-1-3-8(4-2-7)16(29)30/h1-4,6,10-12,15,28,35H,5H2,(H,29,30)(H,31,32)(H,33,34)(H2,23,25,26)/t10-,11+,12?,15+,21-/m0/s1. The van der Waals surface area contributed by atoms with Gasteiger partial charge in [-0.2, -0.15) is 9.97 Å². The Bertz CT molecular complexity index is 1430. The van der Waals surface area contributed by atoms with E-state index in [1.165, 1.54) is 35.2 Å². The fourth-order valence-corrected chi connectivity index (χ4v) is 4.60. The lowest BCUT2D eigenvalue weighted by molar-refractivity contribution is -0.196. The third kappa shape index (κ3) is 3.67. The largest absolute Gasteiger partial charge is 0.479 e. The molecule has 0 spiro atoms. The summed E-state index contributed by atoms with van der Waals surface area (Å²) >= 11 is 5.85. The molecule has 1 saturated heterocycles. The van der Waals surface area contributed by atoms with Crippen molar-refractivity contribution in [2.24, 2.45) is 0 Å². The maximum Gasteiger partial charge on any atom is 0.348 e. The van der Waals surface area contributed by atoms with Crippen molar-refractivity contribution >= 4 is 46.5 Å². The molecule has 3 aromatic rings. The molecule has 1 unspecified atom stereocenters. The smallest absolute Gasteiger partial charge is 0.348 e. The first-order valence-corrected chi connectivity index (χ1v) is 11.0. The van der Waals surface area contributed by atoms with Gasteiger partial charge in [0.05, 0.1) is 11.9 Å². The molecule has 0 amide bonds. The molecule has 5 rings (SSSR count). The number of aliphatic hydroxyl groups excluding tert-OH is 1. The zero-order valence-electron chi connectivity index (χ0n) is 18.4. The number of nitrogens with two attached hydrogens (primary N) is 1. The second-order valence-electron chi connectivity index (χ2n) is 8.64. The number of imidazole rings is 1. The van der Waals surface area contributed by atoms with Gasteiger partial charge in [0, 0.05) is 6.42 Å². The van der Waals surface area contributed by atoms with Crippen LogP contribution < -0.4 is 5.73 Å². The first-order valence-electron chi connectivity index (χ1n) is 10.6. The quantitative estimate of drug-likeness (QED) is 0.154. The summed E-state index contributed by atoms with van der Waals surface area (Å²) in [5.41, 5.74) is 1.04. The summed E-state index contributed by atoms with van der Waals surface area (Å²) in [5, 5.41) is 50.4. The van der Waals surface area contributed by atoms with Crippen LogP contribution in [0.25, 0.3) is 11.2 Å². The van der Waals surface area contributed by atoms with Gasteiger partial charge in [-0.15, -0.1) is 0 Å². The van der Waals surface area contributed by atoms with Crippen LogP contribution in [-0.2, 0) is 25.5 Å². The maximum absolute atomic E-state index is 12.1. The van der Waals surface area contributed by atoms with E-state index >= 15 is 0 Å². The average Bonchev–Trinajstić information content (AvgIpc) is 3.07. The number of hydrogen-bond acceptors (Lipinski definition) is 11. The Morgan fingerprint density at radius 1 is 1.16 bits per heavy atom. The highest BCUT2D eigenvalue weighted by Crippen LogP contribution is 2.56. The Hall–Kier alpha value is -3.89. The molecule has 1 aliphatic heterocycles. The van der Waals surface area contributed by atoms with Crippen LogP contribution in [0.4, 0.5) is 5.82 Å². The number of fused-ring (bicyclic) bond motifs is 2. The van der Waals surface area contributed by atoms with Crippen LogP contribution in [0, 0.1) is 0 Å². The molecular formula is C21H18ClN5O10. The molecule has 2 fully saturated rings. The molecule has 16 heteroatoms. The number of aliphatic carboxylic acids is 2. The van der Waals surface area contributed by atoms with Gasteiger partial charge in [0.1, 0.15) is 23.8 Å². The third-order valence-electron chi connectivity index (χ3n) is 6.48. The lowest BCUT2D eigenvalue weighted by atomic mass is 9.93. The summed E-state index contributed by atoms with van der Waals surface area (Å²) in [7, 11) is 0. The average molecular weight is 536 g/mol. The second kappa shape index (κ2) is 8.32. The Morgan fingerprint density at radius 3 is 2.35 bits per heavy atom. The molecule has 2 aliphatic rings. The van der Waals surface area contributed by atoms with Crippen molar-refractivity contribution in [2.45, 2.75) is 42.2 Å². The molecule has 1 saturated carbocycles. The number of aliphatic hydroxyl groups is 2. The topological polar surface area (TPSA) is 240 Å². The van der Waals surface area contributed by atoms with E-state index in [0.29, 0.717) is 0 Å². The van der Waals surface area contributed by atoms with Crippen molar-refractivity contribution in [3.63, 3.8) is 0 Å². The normalized spacial score (nSPS) is 26.7. The molecule has 7 N–H and O–H groups in total. The van der Waals surface area contributed by atoms with E-state index in [2.05, 4.69) is 15.0 Å². The number of carboxylic acids is 3. The molecule has 194 valence electrons. The first-order chi connectivity index (χ1) is 17.4. The number of rotatable bonds is 8. The number of ether oxygens (including phenoxy) is 2. The first kappa shape index (κ1) is 24.8. The van der Waals surface area contributed by atoms with E-state index in [1.807, 2.05) is 0 Å². The van der Waals surface area contributed by atoms with E-state index in [-0.39, 0.29) is 33.4 Å². The molecule has 2 aromatic heterocycles. The molecule has 1 aromatic carbocycles. The van der Waals surface area contributed by atoms with Crippen LogP contribution in [0.1, 0.15) is 22.1 Å². The number of halogens is 1. The Kier molecular flexibility index (Phi) is 5.58. The summed E-state index contributed by atoms with van der Waals surface area (Å²) in [5.74, 6) is -4.99. The number of anilines is 1. The number of nitrogens with zero attached hydrogens (tertiary/aromatic N) is 4. The van der Waals surface area contributed by atoms with Crippen LogP contribution in [-0.4, -0.2) is 92.5 Å². The number of hydrogen-bond donors (Lipinski definition) is 6. The molecule has 5 atom stereocenters. The number of aromatic nitrogens is 4. The summed E-state index contributed by atoms with van der Waals surface area (Å²) in [6.45, 7) is 0. The van der Waals surface area contributed by atoms with Gasteiger partial charge >= 0.3 is 17.9 Å². The van der Waals surface area contributed by atoms with Crippen molar-refractivity contribution in [3.8, 4) is 0 Å². The molecule has 0 radical (unpaired) electrons. The predicted molar refractivity (Wildman–Crippen MR) is 120 cm³/mol. The van der Waals surface area contributed by atoms with Gasteiger partial charge in [0.15, 0.2) is 23.3 Å². The minimum atomic E-state index is -2.88. The predicted octanol–water partition coefficient (Wildman–Crippen LogP) is -0.701. The van der Waals surface area contributed by atoms with Gasteiger partial charge in [0.25, 0.3) is 5.60 Å². The van der Waals surface area contributed by atoms with E-state index in [9.17, 15) is 34.8 Å². The number of nitrogen functional groups attached to an aromatic ring is 1. The zero-order valence-corrected chi connectivity index (χ0v) is 19.2. The minimum absolute atomic E-state index is 0.0320. The lowest BCUT2D eigenvalue weighted by Crippen LogP contribution is -2.53. The number of carbonyl (C=O) groups is 3. The van der Waals surface area contributed by atoms with Gasteiger partial charge in [-0.1, -0.05) is 12.1 Å². The van der Waals surface area contributed by atoms with Gasteiger partial charge < -0.3 is 40.7 Å². The molecule has 0 bridgehead atoms. The number of benzene rings is 1. The Labute approximate surface area is 210 Å². The van der Waals surface area contributed by atoms with E-state index in [0.717, 1.165) is 0 Å². The molecule has 15 nitrogen and oxygen atoms in total. The zero-order chi connectivity index (χ0) is 26.9. The van der Waals surface area contributed by atoms with Crippen LogP contribution in [0.3, 0.4) is 0 Å². The Balaban J connectivity index is 1.40. The summed E-state index contributed by atoms with van der Waals surface area (Å²) in [4.78, 5) is 47.2.